The van der Waals surface area contributed by atoms with Crippen LogP contribution in [0.3, 0.4) is 0 Å². The van der Waals surface area contributed by atoms with E-state index in [2.05, 4.69) is 33.2 Å². The van der Waals surface area contributed by atoms with Gasteiger partial charge >= 0.3 is 0 Å². The SMILES string of the molecule is CCNC(Cc1cncs1)c1ccc(F)c(Br)c1. The Morgan fingerprint density at radius 1 is 1.50 bits per heavy atom. The Labute approximate surface area is 118 Å². The summed E-state index contributed by atoms with van der Waals surface area (Å²) in [6, 6.07) is 5.35. The number of hydrogen-bond donors (Lipinski definition) is 1. The van der Waals surface area contributed by atoms with Crippen molar-refractivity contribution in [2.75, 3.05) is 6.54 Å². The Kier molecular flexibility index (Phi) is 4.86. The zero-order valence-electron chi connectivity index (χ0n) is 9.99. The van der Waals surface area contributed by atoms with Crippen molar-refractivity contribution >= 4 is 27.3 Å². The minimum absolute atomic E-state index is 0.187. The average molecular weight is 329 g/mol. The first kappa shape index (κ1) is 13.6. The van der Waals surface area contributed by atoms with Crippen molar-refractivity contribution in [3.05, 3.63) is 50.6 Å². The molecule has 0 spiro atoms. The van der Waals surface area contributed by atoms with E-state index in [0.717, 1.165) is 18.5 Å². The topological polar surface area (TPSA) is 24.9 Å². The fourth-order valence-corrected chi connectivity index (χ4v) is 2.87. The highest BCUT2D eigenvalue weighted by Crippen LogP contribution is 2.24. The Bertz CT molecular complexity index is 502. The van der Waals surface area contributed by atoms with Crippen molar-refractivity contribution in [3.63, 3.8) is 0 Å². The number of nitrogens with one attached hydrogen (secondary N) is 1. The van der Waals surface area contributed by atoms with Gasteiger partial charge in [0.1, 0.15) is 5.82 Å². The van der Waals surface area contributed by atoms with Gasteiger partial charge < -0.3 is 5.32 Å². The van der Waals surface area contributed by atoms with E-state index in [-0.39, 0.29) is 11.9 Å². The van der Waals surface area contributed by atoms with Gasteiger partial charge in [0.25, 0.3) is 0 Å². The number of nitrogens with zero attached hydrogens (tertiary/aromatic N) is 1. The maximum absolute atomic E-state index is 13.3. The second-order valence-electron chi connectivity index (χ2n) is 3.96. The maximum Gasteiger partial charge on any atom is 0.137 e. The van der Waals surface area contributed by atoms with E-state index in [9.17, 15) is 4.39 Å². The van der Waals surface area contributed by atoms with E-state index in [1.54, 1.807) is 11.3 Å². The number of halogens is 2. The van der Waals surface area contributed by atoms with Gasteiger partial charge in [0.05, 0.1) is 9.98 Å². The lowest BCUT2D eigenvalue weighted by molar-refractivity contribution is 0.549. The number of likely N-dealkylation sites (N-methyl/N-ethyl adjacent to an activating group) is 1. The predicted octanol–water partition coefficient (Wildman–Crippen LogP) is 3.94. The minimum Gasteiger partial charge on any atom is -0.310 e. The molecule has 0 aliphatic heterocycles. The molecule has 1 N–H and O–H groups in total. The molecule has 1 unspecified atom stereocenters. The molecule has 0 aliphatic carbocycles. The molecular weight excluding hydrogens is 315 g/mol. The quantitative estimate of drug-likeness (QED) is 0.899. The van der Waals surface area contributed by atoms with E-state index in [0.29, 0.717) is 4.47 Å². The summed E-state index contributed by atoms with van der Waals surface area (Å²) >= 11 is 4.87. The van der Waals surface area contributed by atoms with Crippen LogP contribution in [-0.4, -0.2) is 11.5 Å². The Balaban J connectivity index is 2.20. The van der Waals surface area contributed by atoms with Crippen molar-refractivity contribution in [3.8, 4) is 0 Å². The van der Waals surface area contributed by atoms with Gasteiger partial charge in [0.2, 0.25) is 0 Å². The van der Waals surface area contributed by atoms with Crippen LogP contribution in [0.15, 0.2) is 34.4 Å². The van der Waals surface area contributed by atoms with Crippen LogP contribution in [0.4, 0.5) is 4.39 Å². The average Bonchev–Trinajstić information content (AvgIpc) is 2.85. The molecule has 2 aromatic rings. The van der Waals surface area contributed by atoms with Crippen LogP contribution < -0.4 is 5.32 Å². The zero-order valence-corrected chi connectivity index (χ0v) is 12.4. The number of hydrogen-bond acceptors (Lipinski definition) is 3. The van der Waals surface area contributed by atoms with E-state index in [1.165, 1.54) is 10.9 Å². The van der Waals surface area contributed by atoms with Gasteiger partial charge in [0.15, 0.2) is 0 Å². The van der Waals surface area contributed by atoms with Crippen LogP contribution >= 0.6 is 27.3 Å². The van der Waals surface area contributed by atoms with Crippen LogP contribution in [0, 0.1) is 5.82 Å². The molecule has 0 amide bonds. The van der Waals surface area contributed by atoms with Crippen molar-refractivity contribution in [1.82, 2.24) is 10.3 Å². The molecule has 2 rings (SSSR count). The van der Waals surface area contributed by atoms with Gasteiger partial charge in [-0.15, -0.1) is 11.3 Å². The fourth-order valence-electron chi connectivity index (χ4n) is 1.83. The molecule has 0 radical (unpaired) electrons. The molecule has 5 heteroatoms. The molecule has 1 heterocycles. The third kappa shape index (κ3) is 3.37. The number of rotatable bonds is 5. The zero-order chi connectivity index (χ0) is 13.0. The molecule has 1 aromatic heterocycles. The Hall–Kier alpha value is -0.780. The number of benzene rings is 1. The van der Waals surface area contributed by atoms with Crippen LogP contribution in [0.2, 0.25) is 0 Å². The van der Waals surface area contributed by atoms with Crippen molar-refractivity contribution < 1.29 is 4.39 Å². The van der Waals surface area contributed by atoms with Gasteiger partial charge in [0, 0.05) is 23.5 Å². The molecule has 0 saturated carbocycles. The largest absolute Gasteiger partial charge is 0.310 e. The maximum atomic E-state index is 13.3. The summed E-state index contributed by atoms with van der Waals surface area (Å²) in [5, 5.41) is 3.42. The Morgan fingerprint density at radius 3 is 2.94 bits per heavy atom. The molecular formula is C13H14BrFN2S. The molecule has 18 heavy (non-hydrogen) atoms. The molecule has 0 saturated heterocycles. The molecule has 0 aliphatic rings. The van der Waals surface area contributed by atoms with Crippen LogP contribution in [0.5, 0.6) is 0 Å². The summed E-state index contributed by atoms with van der Waals surface area (Å²) < 4.78 is 13.8. The first-order valence-corrected chi connectivity index (χ1v) is 7.43. The number of thiazole rings is 1. The summed E-state index contributed by atoms with van der Waals surface area (Å²) in [5.41, 5.74) is 2.91. The monoisotopic (exact) mass is 328 g/mol. The van der Waals surface area contributed by atoms with Crippen molar-refractivity contribution in [1.29, 1.82) is 0 Å². The summed E-state index contributed by atoms with van der Waals surface area (Å²) in [4.78, 5) is 5.31. The van der Waals surface area contributed by atoms with Gasteiger partial charge in [-0.25, -0.2) is 4.39 Å². The van der Waals surface area contributed by atoms with Gasteiger partial charge in [-0.1, -0.05) is 13.0 Å². The standard InChI is InChI=1S/C13H14BrFN2S/c1-2-17-13(6-10-7-16-8-18-10)9-3-4-12(15)11(14)5-9/h3-5,7-8,13,17H,2,6H2,1H3. The molecule has 1 atom stereocenters. The summed E-state index contributed by atoms with van der Waals surface area (Å²) in [7, 11) is 0. The van der Waals surface area contributed by atoms with Crippen LogP contribution in [-0.2, 0) is 6.42 Å². The predicted molar refractivity (Wildman–Crippen MR) is 76.3 cm³/mol. The third-order valence-electron chi connectivity index (χ3n) is 2.69. The lowest BCUT2D eigenvalue weighted by Gasteiger charge is -2.18. The first-order valence-electron chi connectivity index (χ1n) is 5.76. The first-order chi connectivity index (χ1) is 8.70. The summed E-state index contributed by atoms with van der Waals surface area (Å²) in [6.45, 7) is 2.94. The van der Waals surface area contributed by atoms with E-state index < -0.39 is 0 Å². The highest BCUT2D eigenvalue weighted by atomic mass is 79.9. The molecule has 0 fully saturated rings. The summed E-state index contributed by atoms with van der Waals surface area (Å²) in [6.07, 6.45) is 2.75. The van der Waals surface area contributed by atoms with Gasteiger partial charge in [-0.3, -0.25) is 4.98 Å². The van der Waals surface area contributed by atoms with Crippen LogP contribution in [0.1, 0.15) is 23.4 Å². The van der Waals surface area contributed by atoms with Gasteiger partial charge in [-0.05, 0) is 40.2 Å². The molecule has 2 nitrogen and oxygen atoms in total. The minimum atomic E-state index is -0.230. The fraction of sp³-hybridized carbons (Fsp3) is 0.308. The van der Waals surface area contributed by atoms with Crippen molar-refractivity contribution in [2.45, 2.75) is 19.4 Å². The highest BCUT2D eigenvalue weighted by molar-refractivity contribution is 9.10. The van der Waals surface area contributed by atoms with E-state index in [1.807, 2.05) is 23.8 Å². The second kappa shape index (κ2) is 6.41. The lowest BCUT2D eigenvalue weighted by atomic mass is 10.0. The molecule has 96 valence electrons. The van der Waals surface area contributed by atoms with Gasteiger partial charge in [-0.2, -0.15) is 0 Å². The smallest absolute Gasteiger partial charge is 0.137 e. The van der Waals surface area contributed by atoms with Crippen molar-refractivity contribution in [2.24, 2.45) is 0 Å². The van der Waals surface area contributed by atoms with Crippen LogP contribution in [0.25, 0.3) is 0 Å². The second-order valence-corrected chi connectivity index (χ2v) is 5.78. The Morgan fingerprint density at radius 2 is 2.33 bits per heavy atom. The highest BCUT2D eigenvalue weighted by Gasteiger charge is 2.13. The molecule has 0 bridgehead atoms. The third-order valence-corrected chi connectivity index (χ3v) is 4.09. The van der Waals surface area contributed by atoms with E-state index >= 15 is 0 Å². The lowest BCUT2D eigenvalue weighted by Crippen LogP contribution is -2.22. The normalized spacial score (nSPS) is 12.6. The summed E-state index contributed by atoms with van der Waals surface area (Å²) in [5.74, 6) is -0.230. The number of aromatic nitrogens is 1. The molecule has 1 aromatic carbocycles. The van der Waals surface area contributed by atoms with E-state index in [4.69, 9.17) is 0 Å².